The SMILES string of the molecule is CCC(C)CCCCCCCCCCC(=O)OC[C@H](COP(=O)(O)OC[C@@H](O)COP(=O)(O)OC[C@@H](COC(=O)CCCCCCCCC(C)CC)OC(=O)CCCCCCCCCC(C)C)OC(=O)CCCCCCCCCCCCCCCCCCCCC(C)C. The summed E-state index contributed by atoms with van der Waals surface area (Å²) in [6, 6.07) is 0. The fraction of sp³-hybridized carbons (Fsp3) is 0.946. The monoisotopic (exact) mass is 1370 g/mol. The lowest BCUT2D eigenvalue weighted by Crippen LogP contribution is -2.30. The fourth-order valence-electron chi connectivity index (χ4n) is 11.1. The summed E-state index contributed by atoms with van der Waals surface area (Å²) in [4.78, 5) is 72.6. The van der Waals surface area contributed by atoms with Gasteiger partial charge in [-0.05, 0) is 49.4 Å². The van der Waals surface area contributed by atoms with Crippen LogP contribution in [-0.4, -0.2) is 96.7 Å². The number of phosphoric ester groups is 2. The van der Waals surface area contributed by atoms with Crippen molar-refractivity contribution in [2.45, 2.75) is 388 Å². The molecule has 17 nitrogen and oxygen atoms in total. The Morgan fingerprint density at radius 1 is 0.301 bits per heavy atom. The van der Waals surface area contributed by atoms with E-state index in [1.54, 1.807) is 0 Å². The van der Waals surface area contributed by atoms with Crippen molar-refractivity contribution >= 4 is 39.5 Å². The summed E-state index contributed by atoms with van der Waals surface area (Å²) in [5, 5.41) is 10.6. The summed E-state index contributed by atoms with van der Waals surface area (Å²) in [6.07, 6.45) is 47.4. The lowest BCUT2D eigenvalue weighted by atomic mass is 9.99. The Kier molecular flexibility index (Phi) is 62.2. The van der Waals surface area contributed by atoms with E-state index in [1.165, 1.54) is 167 Å². The molecule has 19 heteroatoms. The van der Waals surface area contributed by atoms with Gasteiger partial charge in [0.2, 0.25) is 0 Å². The maximum absolute atomic E-state index is 13.1. The molecule has 4 unspecified atom stereocenters. The minimum Gasteiger partial charge on any atom is -0.462 e. The van der Waals surface area contributed by atoms with Gasteiger partial charge in [-0.1, -0.05) is 319 Å². The molecule has 0 rings (SSSR count). The Balaban J connectivity index is 5.19. The second-order valence-corrected chi connectivity index (χ2v) is 31.0. The van der Waals surface area contributed by atoms with E-state index < -0.39 is 97.5 Å². The number of carbonyl (C=O) groups is 4. The van der Waals surface area contributed by atoms with Gasteiger partial charge in [0.25, 0.3) is 0 Å². The third kappa shape index (κ3) is 65.8. The van der Waals surface area contributed by atoms with Gasteiger partial charge in [0.05, 0.1) is 26.4 Å². The van der Waals surface area contributed by atoms with E-state index in [4.69, 9.17) is 37.0 Å². The van der Waals surface area contributed by atoms with E-state index in [-0.39, 0.29) is 25.7 Å². The van der Waals surface area contributed by atoms with E-state index in [0.717, 1.165) is 114 Å². The second-order valence-electron chi connectivity index (χ2n) is 28.1. The van der Waals surface area contributed by atoms with Crippen molar-refractivity contribution in [2.75, 3.05) is 39.6 Å². The quantitative estimate of drug-likeness (QED) is 0.0222. The third-order valence-electron chi connectivity index (χ3n) is 17.8. The molecule has 7 atom stereocenters. The first kappa shape index (κ1) is 91.1. The second kappa shape index (κ2) is 63.5. The van der Waals surface area contributed by atoms with Crippen LogP contribution in [0.15, 0.2) is 0 Å². The van der Waals surface area contributed by atoms with E-state index in [1.807, 2.05) is 0 Å². The lowest BCUT2D eigenvalue weighted by molar-refractivity contribution is -0.161. The number of hydrogen-bond donors (Lipinski definition) is 3. The van der Waals surface area contributed by atoms with Crippen LogP contribution in [0.4, 0.5) is 0 Å². The highest BCUT2D eigenvalue weighted by molar-refractivity contribution is 7.47. The average Bonchev–Trinajstić information content (AvgIpc) is 2.15. The summed E-state index contributed by atoms with van der Waals surface area (Å²) >= 11 is 0. The van der Waals surface area contributed by atoms with Crippen LogP contribution in [0.1, 0.15) is 370 Å². The molecule has 0 saturated carbocycles. The highest BCUT2D eigenvalue weighted by Gasteiger charge is 2.30. The first-order chi connectivity index (χ1) is 44.7. The normalized spacial score (nSPS) is 14.8. The topological polar surface area (TPSA) is 237 Å². The van der Waals surface area contributed by atoms with Gasteiger partial charge in [-0.2, -0.15) is 0 Å². The number of phosphoric acid groups is 2. The smallest absolute Gasteiger partial charge is 0.462 e. The van der Waals surface area contributed by atoms with Gasteiger partial charge in [0.1, 0.15) is 19.3 Å². The van der Waals surface area contributed by atoms with E-state index >= 15 is 0 Å². The predicted octanol–water partition coefficient (Wildman–Crippen LogP) is 21.3. The maximum atomic E-state index is 13.1. The minimum atomic E-state index is -4.96. The van der Waals surface area contributed by atoms with Gasteiger partial charge in [0, 0.05) is 25.7 Å². The number of unbranched alkanes of at least 4 members (excludes halogenated alkanes) is 35. The zero-order valence-corrected chi connectivity index (χ0v) is 62.7. The van der Waals surface area contributed by atoms with Gasteiger partial charge in [-0.15, -0.1) is 0 Å². The van der Waals surface area contributed by atoms with Gasteiger partial charge < -0.3 is 33.8 Å². The third-order valence-corrected chi connectivity index (χ3v) is 19.7. The molecule has 552 valence electrons. The molecule has 0 saturated heterocycles. The highest BCUT2D eigenvalue weighted by atomic mass is 31.2. The fourth-order valence-corrected chi connectivity index (χ4v) is 12.7. The number of aliphatic hydroxyl groups is 1. The number of rotatable bonds is 71. The first-order valence-corrected chi connectivity index (χ1v) is 41.3. The van der Waals surface area contributed by atoms with Crippen LogP contribution in [0.2, 0.25) is 0 Å². The van der Waals surface area contributed by atoms with E-state index in [2.05, 4.69) is 55.4 Å². The average molecular weight is 1370 g/mol. The summed E-state index contributed by atoms with van der Waals surface area (Å²) in [5.74, 6) is 0.896. The Bertz CT molecular complexity index is 1840. The number of ether oxygens (including phenoxy) is 4. The van der Waals surface area contributed by atoms with Crippen LogP contribution in [-0.2, 0) is 65.4 Å². The standard InChI is InChI=1S/C74H144O17P2/c1-9-66(7)52-44-36-28-23-24-29-38-46-54-71(76)84-60-69(90-73(78)56-48-40-30-22-20-18-16-14-12-11-13-15-17-19-21-26-34-42-50-64(3)4)62-88-92(80,81)86-58-68(75)59-87-93(82,83)89-63-70(91-74(79)57-49-41-31-25-27-35-43-51-65(5)6)61-85-72(77)55-47-39-33-32-37-45-53-67(8)10-2/h64-70,75H,9-63H2,1-8H3,(H,80,81)(H,82,83)/t66?,67?,68-,69-,70-/m1/s1. The van der Waals surface area contributed by atoms with Crippen LogP contribution >= 0.6 is 15.6 Å². The molecular formula is C74H144O17P2. The Hall–Kier alpha value is -1.94. The lowest BCUT2D eigenvalue weighted by Gasteiger charge is -2.21. The molecule has 93 heavy (non-hydrogen) atoms. The van der Waals surface area contributed by atoms with Gasteiger partial charge in [-0.3, -0.25) is 37.3 Å². The van der Waals surface area contributed by atoms with Crippen molar-refractivity contribution in [3.63, 3.8) is 0 Å². The molecule has 0 heterocycles. The van der Waals surface area contributed by atoms with Crippen molar-refractivity contribution in [1.82, 2.24) is 0 Å². The molecular weight excluding hydrogens is 1220 g/mol. The zero-order valence-electron chi connectivity index (χ0n) is 60.9. The molecule has 0 spiro atoms. The van der Waals surface area contributed by atoms with Crippen LogP contribution in [0.5, 0.6) is 0 Å². The van der Waals surface area contributed by atoms with Crippen LogP contribution in [0.3, 0.4) is 0 Å². The Morgan fingerprint density at radius 2 is 0.516 bits per heavy atom. The number of aliphatic hydroxyl groups excluding tert-OH is 1. The number of esters is 4. The summed E-state index contributed by atoms with van der Waals surface area (Å²) in [6.45, 7) is 14.1. The maximum Gasteiger partial charge on any atom is 0.472 e. The predicted molar refractivity (Wildman–Crippen MR) is 377 cm³/mol. The van der Waals surface area contributed by atoms with Crippen molar-refractivity contribution in [3.05, 3.63) is 0 Å². The molecule has 0 aliphatic heterocycles. The highest BCUT2D eigenvalue weighted by Crippen LogP contribution is 2.45. The summed E-state index contributed by atoms with van der Waals surface area (Å²) in [7, 11) is -9.91. The van der Waals surface area contributed by atoms with Crippen LogP contribution < -0.4 is 0 Å². The van der Waals surface area contributed by atoms with Gasteiger partial charge >= 0.3 is 39.5 Å². The van der Waals surface area contributed by atoms with Crippen LogP contribution in [0, 0.1) is 23.7 Å². The molecule has 0 radical (unpaired) electrons. The molecule has 0 fully saturated rings. The largest absolute Gasteiger partial charge is 0.472 e. The molecule has 0 aromatic heterocycles. The molecule has 0 aliphatic carbocycles. The van der Waals surface area contributed by atoms with Crippen molar-refractivity contribution in [1.29, 1.82) is 0 Å². The number of hydrogen-bond acceptors (Lipinski definition) is 15. The summed E-state index contributed by atoms with van der Waals surface area (Å²) in [5.41, 5.74) is 0. The summed E-state index contributed by atoms with van der Waals surface area (Å²) < 4.78 is 68.4. The van der Waals surface area contributed by atoms with Gasteiger partial charge in [-0.25, -0.2) is 9.13 Å². The molecule has 0 aromatic carbocycles. The Labute approximate surface area is 568 Å². The molecule has 3 N–H and O–H groups in total. The van der Waals surface area contributed by atoms with Crippen LogP contribution in [0.25, 0.3) is 0 Å². The van der Waals surface area contributed by atoms with Crippen molar-refractivity contribution < 1.29 is 80.2 Å². The molecule has 0 aliphatic rings. The van der Waals surface area contributed by atoms with Crippen molar-refractivity contribution in [2.24, 2.45) is 23.7 Å². The van der Waals surface area contributed by atoms with Crippen molar-refractivity contribution in [3.8, 4) is 0 Å². The Morgan fingerprint density at radius 3 is 0.763 bits per heavy atom. The zero-order chi connectivity index (χ0) is 68.9. The van der Waals surface area contributed by atoms with E-state index in [9.17, 15) is 43.2 Å². The molecule has 0 bridgehead atoms. The minimum absolute atomic E-state index is 0.102. The van der Waals surface area contributed by atoms with E-state index in [0.29, 0.717) is 31.6 Å². The molecule has 0 aromatic rings. The first-order valence-electron chi connectivity index (χ1n) is 38.3. The number of carbonyl (C=O) groups excluding carboxylic acids is 4. The molecule has 0 amide bonds. The van der Waals surface area contributed by atoms with Gasteiger partial charge in [0.15, 0.2) is 12.2 Å².